The first-order valence-corrected chi connectivity index (χ1v) is 8.40. The average Bonchev–Trinajstić information content (AvgIpc) is 2.84. The van der Waals surface area contributed by atoms with E-state index in [1.54, 1.807) is 24.3 Å². The van der Waals surface area contributed by atoms with Crippen LogP contribution in [0.5, 0.6) is 0 Å². The van der Waals surface area contributed by atoms with Gasteiger partial charge >= 0.3 is 0 Å². The minimum Gasteiger partial charge on any atom is -0.300 e. The summed E-state index contributed by atoms with van der Waals surface area (Å²) in [5, 5.41) is 3.98. The van der Waals surface area contributed by atoms with Gasteiger partial charge in [0.1, 0.15) is 0 Å². The molecule has 1 N–H and O–H groups in total. The largest absolute Gasteiger partial charge is 0.300 e. The lowest BCUT2D eigenvalue weighted by Gasteiger charge is -1.96. The number of aliphatic imine (C=N–C) groups is 1. The topological polar surface area (TPSA) is 41.5 Å². The molecule has 1 fully saturated rings. The number of hydrogen-bond acceptors (Lipinski definition) is 3. The van der Waals surface area contributed by atoms with Crippen LogP contribution < -0.4 is 5.32 Å². The summed E-state index contributed by atoms with van der Waals surface area (Å²) in [6.45, 7) is 0. The number of nitrogens with zero attached hydrogens (tertiary/aromatic N) is 1. The maximum Gasteiger partial charge on any atom is 0.264 e. The van der Waals surface area contributed by atoms with Crippen LogP contribution in [0, 0.1) is 0 Å². The first-order valence-electron chi connectivity index (χ1n) is 6.41. The highest BCUT2D eigenvalue weighted by molar-refractivity contribution is 9.10. The van der Waals surface area contributed by atoms with E-state index in [0.29, 0.717) is 15.1 Å². The minimum atomic E-state index is -0.138. The molecule has 2 aromatic rings. The zero-order chi connectivity index (χ0) is 15.5. The molecule has 22 heavy (non-hydrogen) atoms. The Morgan fingerprint density at radius 2 is 1.77 bits per heavy atom. The predicted octanol–water partition coefficient (Wildman–Crippen LogP) is 4.99. The van der Waals surface area contributed by atoms with Crippen molar-refractivity contribution in [3.63, 3.8) is 0 Å². The number of thioether (sulfide) groups is 1. The van der Waals surface area contributed by atoms with Crippen molar-refractivity contribution in [2.75, 3.05) is 0 Å². The fourth-order valence-corrected chi connectivity index (χ4v) is 3.06. The van der Waals surface area contributed by atoms with Gasteiger partial charge in [0.25, 0.3) is 5.91 Å². The first-order chi connectivity index (χ1) is 10.6. The zero-order valence-corrected chi connectivity index (χ0v) is 14.4. The summed E-state index contributed by atoms with van der Waals surface area (Å²) in [5.74, 6) is -0.138. The van der Waals surface area contributed by atoms with E-state index in [4.69, 9.17) is 11.6 Å². The van der Waals surface area contributed by atoms with Crippen molar-refractivity contribution >= 4 is 62.1 Å². The predicted molar refractivity (Wildman–Crippen MR) is 96.4 cm³/mol. The van der Waals surface area contributed by atoms with Crippen LogP contribution in [0.4, 0.5) is 5.69 Å². The molecule has 0 aromatic heterocycles. The van der Waals surface area contributed by atoms with Gasteiger partial charge in [-0.05, 0) is 59.8 Å². The highest BCUT2D eigenvalue weighted by Crippen LogP contribution is 2.28. The third-order valence-corrected chi connectivity index (χ3v) is 4.57. The van der Waals surface area contributed by atoms with E-state index < -0.39 is 0 Å². The number of hydrogen-bond donors (Lipinski definition) is 1. The number of rotatable bonds is 2. The molecule has 3 nitrogen and oxygen atoms in total. The van der Waals surface area contributed by atoms with Crippen molar-refractivity contribution in [2.45, 2.75) is 0 Å². The fraction of sp³-hybridized carbons (Fsp3) is 0. The Labute approximate surface area is 145 Å². The van der Waals surface area contributed by atoms with Crippen molar-refractivity contribution in [3.8, 4) is 0 Å². The molecule has 0 spiro atoms. The van der Waals surface area contributed by atoms with Crippen LogP contribution >= 0.6 is 39.3 Å². The Bertz CT molecular complexity index is 770. The third-order valence-electron chi connectivity index (χ3n) is 2.88. The Kier molecular flexibility index (Phi) is 4.66. The van der Waals surface area contributed by atoms with Crippen LogP contribution in [0.1, 0.15) is 5.56 Å². The lowest BCUT2D eigenvalue weighted by atomic mass is 10.2. The summed E-state index contributed by atoms with van der Waals surface area (Å²) in [5.41, 5.74) is 1.71. The van der Waals surface area contributed by atoms with Gasteiger partial charge in [0.05, 0.1) is 10.6 Å². The number of carbonyl (C=O) groups excluding carboxylic acids is 1. The molecule has 6 heteroatoms. The Balaban J connectivity index is 1.80. The van der Waals surface area contributed by atoms with Gasteiger partial charge in [0.2, 0.25) is 0 Å². The highest BCUT2D eigenvalue weighted by Gasteiger charge is 2.23. The SMILES string of the molecule is O=C1NC(=Nc2ccc(Cl)cc2)SC1=Cc1ccc(Br)cc1. The second kappa shape index (κ2) is 6.69. The van der Waals surface area contributed by atoms with Gasteiger partial charge < -0.3 is 5.32 Å². The van der Waals surface area contributed by atoms with E-state index in [9.17, 15) is 4.79 Å². The maximum atomic E-state index is 12.0. The van der Waals surface area contributed by atoms with Crippen molar-refractivity contribution in [3.05, 3.63) is 68.5 Å². The Hall–Kier alpha value is -1.56. The quantitative estimate of drug-likeness (QED) is 0.730. The van der Waals surface area contributed by atoms with Crippen LogP contribution in [0.2, 0.25) is 5.02 Å². The minimum absolute atomic E-state index is 0.138. The van der Waals surface area contributed by atoms with Gasteiger partial charge in [-0.1, -0.05) is 39.7 Å². The Morgan fingerprint density at radius 3 is 2.45 bits per heavy atom. The summed E-state index contributed by atoms with van der Waals surface area (Å²) in [6.07, 6.45) is 1.84. The van der Waals surface area contributed by atoms with Gasteiger partial charge in [-0.2, -0.15) is 0 Å². The third kappa shape index (κ3) is 3.80. The van der Waals surface area contributed by atoms with Crippen molar-refractivity contribution in [1.29, 1.82) is 0 Å². The molecule has 0 atom stereocenters. The van der Waals surface area contributed by atoms with E-state index in [-0.39, 0.29) is 5.91 Å². The fourth-order valence-electron chi connectivity index (χ4n) is 1.82. The molecular weight excluding hydrogens is 384 g/mol. The van der Waals surface area contributed by atoms with Crippen LogP contribution in [0.25, 0.3) is 6.08 Å². The van der Waals surface area contributed by atoms with Crippen molar-refractivity contribution < 1.29 is 4.79 Å². The summed E-state index contributed by atoms with van der Waals surface area (Å²) >= 11 is 10.6. The molecule has 3 rings (SSSR count). The van der Waals surface area contributed by atoms with Crippen LogP contribution in [-0.4, -0.2) is 11.1 Å². The normalized spacial score (nSPS) is 18.0. The molecule has 0 bridgehead atoms. The molecule has 0 saturated carbocycles. The molecule has 2 aromatic carbocycles. The van der Waals surface area contributed by atoms with Crippen LogP contribution in [-0.2, 0) is 4.79 Å². The summed E-state index contributed by atoms with van der Waals surface area (Å²) in [4.78, 5) is 17.0. The van der Waals surface area contributed by atoms with Crippen LogP contribution in [0.15, 0.2) is 62.9 Å². The highest BCUT2D eigenvalue weighted by atomic mass is 79.9. The second-order valence-electron chi connectivity index (χ2n) is 4.51. The number of carbonyl (C=O) groups is 1. The molecule has 1 saturated heterocycles. The van der Waals surface area contributed by atoms with Gasteiger partial charge in [-0.3, -0.25) is 4.79 Å². The molecule has 1 aliphatic heterocycles. The van der Waals surface area contributed by atoms with Gasteiger partial charge in [-0.25, -0.2) is 4.99 Å². The lowest BCUT2D eigenvalue weighted by molar-refractivity contribution is -0.115. The number of nitrogens with one attached hydrogen (secondary N) is 1. The van der Waals surface area contributed by atoms with E-state index in [0.717, 1.165) is 15.7 Å². The van der Waals surface area contributed by atoms with Crippen molar-refractivity contribution in [1.82, 2.24) is 5.32 Å². The van der Waals surface area contributed by atoms with Gasteiger partial charge in [0, 0.05) is 9.50 Å². The van der Waals surface area contributed by atoms with E-state index in [1.165, 1.54) is 11.8 Å². The standard InChI is InChI=1S/C16H10BrClN2OS/c17-11-3-1-10(2-4-11)9-14-15(21)20-16(22-14)19-13-7-5-12(18)6-8-13/h1-9H,(H,19,20,21). The summed E-state index contributed by atoms with van der Waals surface area (Å²) in [6, 6.07) is 14.9. The van der Waals surface area contributed by atoms with E-state index in [1.807, 2.05) is 30.3 Å². The smallest absolute Gasteiger partial charge is 0.264 e. The molecule has 0 unspecified atom stereocenters. The number of halogens is 2. The first kappa shape index (κ1) is 15.3. The second-order valence-corrected chi connectivity index (χ2v) is 6.89. The Morgan fingerprint density at radius 1 is 1.09 bits per heavy atom. The summed E-state index contributed by atoms with van der Waals surface area (Å²) in [7, 11) is 0. The monoisotopic (exact) mass is 392 g/mol. The van der Waals surface area contributed by atoms with E-state index >= 15 is 0 Å². The zero-order valence-electron chi connectivity index (χ0n) is 11.2. The number of amides is 1. The maximum absolute atomic E-state index is 12.0. The molecule has 1 amide bonds. The van der Waals surface area contributed by atoms with Crippen molar-refractivity contribution in [2.24, 2.45) is 4.99 Å². The van der Waals surface area contributed by atoms with Crippen LogP contribution in [0.3, 0.4) is 0 Å². The number of benzene rings is 2. The molecule has 0 aliphatic carbocycles. The molecule has 0 radical (unpaired) electrons. The van der Waals surface area contributed by atoms with Gasteiger partial charge in [0.15, 0.2) is 5.17 Å². The average molecular weight is 394 g/mol. The number of amidine groups is 1. The molecule has 1 heterocycles. The summed E-state index contributed by atoms with van der Waals surface area (Å²) < 4.78 is 1.00. The van der Waals surface area contributed by atoms with Gasteiger partial charge in [-0.15, -0.1) is 0 Å². The van der Waals surface area contributed by atoms with E-state index in [2.05, 4.69) is 26.2 Å². The molecular formula is C16H10BrClN2OS. The lowest BCUT2D eigenvalue weighted by Crippen LogP contribution is -2.19. The molecule has 110 valence electrons. The molecule has 1 aliphatic rings.